The van der Waals surface area contributed by atoms with Gasteiger partial charge in [-0.25, -0.2) is 0 Å². The lowest BCUT2D eigenvalue weighted by molar-refractivity contribution is -0.163. The van der Waals surface area contributed by atoms with Crippen LogP contribution in [0.15, 0.2) is 36.4 Å². The van der Waals surface area contributed by atoms with Gasteiger partial charge in [0.2, 0.25) is 12.3 Å². The second kappa shape index (κ2) is 8.51. The van der Waals surface area contributed by atoms with Gasteiger partial charge in [0.1, 0.15) is 6.17 Å². The zero-order valence-corrected chi connectivity index (χ0v) is 23.3. The van der Waals surface area contributed by atoms with E-state index in [9.17, 15) is 9.59 Å². The first-order chi connectivity index (χ1) is 17.7. The molecule has 0 aromatic heterocycles. The standard InChI is InChI=1S/C31H44N4O2/c1-6-34-28(37)15-18-30(3)24-14-17-29(2)16-9-10-23(29)22(24)13-19-31(30,34)20-27-33(5)25-11-7-8-12-26(25)35(27)32(4)21-36/h7-8,11-12,15,18,21-24,27H,6,9-10,13-14,16-17,19-20H2,1-5H3/t22-,23-,24-,27?,29-,30+,31-/m0/s1. The molecule has 0 saturated heterocycles. The average molecular weight is 505 g/mol. The summed E-state index contributed by atoms with van der Waals surface area (Å²) < 4.78 is 0. The molecule has 200 valence electrons. The van der Waals surface area contributed by atoms with Crippen LogP contribution in [-0.4, -0.2) is 54.6 Å². The molecule has 1 aromatic rings. The first kappa shape index (κ1) is 24.8. The molecule has 7 atom stereocenters. The molecular formula is C31H44N4O2. The predicted octanol–water partition coefficient (Wildman–Crippen LogP) is 5.45. The molecule has 3 saturated carbocycles. The zero-order valence-electron chi connectivity index (χ0n) is 23.3. The maximum absolute atomic E-state index is 13.5. The van der Waals surface area contributed by atoms with Crippen molar-refractivity contribution in [3.05, 3.63) is 36.4 Å². The number of likely N-dealkylation sites (N-methyl/N-ethyl adjacent to an activating group) is 1. The highest BCUT2D eigenvalue weighted by atomic mass is 16.2. The maximum atomic E-state index is 13.5. The largest absolute Gasteiger partial charge is 0.351 e. The first-order valence-electron chi connectivity index (χ1n) is 14.5. The fourth-order valence-corrected chi connectivity index (χ4v) is 9.99. The van der Waals surface area contributed by atoms with E-state index in [0.29, 0.717) is 17.9 Å². The summed E-state index contributed by atoms with van der Waals surface area (Å²) in [6, 6.07) is 8.35. The molecular weight excluding hydrogens is 460 g/mol. The van der Waals surface area contributed by atoms with E-state index in [1.807, 2.05) is 19.2 Å². The van der Waals surface area contributed by atoms with Crippen molar-refractivity contribution in [3.8, 4) is 0 Å². The highest BCUT2D eigenvalue weighted by Gasteiger charge is 2.65. The van der Waals surface area contributed by atoms with Gasteiger partial charge in [-0.1, -0.05) is 38.5 Å². The van der Waals surface area contributed by atoms with Gasteiger partial charge in [-0.05, 0) is 86.8 Å². The molecule has 0 radical (unpaired) electrons. The Kier molecular flexibility index (Phi) is 5.70. The number of carbonyl (C=O) groups is 2. The summed E-state index contributed by atoms with van der Waals surface area (Å²) in [7, 11) is 3.98. The Labute approximate surface area is 222 Å². The van der Waals surface area contributed by atoms with Crippen molar-refractivity contribution in [2.75, 3.05) is 30.5 Å². The Hall–Kier alpha value is -2.50. The number of para-hydroxylation sites is 2. The van der Waals surface area contributed by atoms with E-state index < -0.39 is 0 Å². The minimum Gasteiger partial charge on any atom is -0.351 e. The molecule has 6 heteroatoms. The summed E-state index contributed by atoms with van der Waals surface area (Å²) >= 11 is 0. The molecule has 2 amide bonds. The molecule has 0 bridgehead atoms. The highest BCUT2D eigenvalue weighted by Crippen LogP contribution is 2.67. The number of hydrazine groups is 1. The lowest BCUT2D eigenvalue weighted by Gasteiger charge is -2.66. The van der Waals surface area contributed by atoms with Crippen LogP contribution in [0.3, 0.4) is 0 Å². The minimum absolute atomic E-state index is 0.0443. The van der Waals surface area contributed by atoms with Crippen LogP contribution in [0.25, 0.3) is 0 Å². The van der Waals surface area contributed by atoms with Gasteiger partial charge in [-0.3, -0.25) is 19.6 Å². The zero-order chi connectivity index (χ0) is 26.2. The van der Waals surface area contributed by atoms with Crippen LogP contribution < -0.4 is 9.91 Å². The van der Waals surface area contributed by atoms with E-state index in [2.05, 4.69) is 66.9 Å². The molecule has 6 nitrogen and oxygen atoms in total. The summed E-state index contributed by atoms with van der Waals surface area (Å²) in [5.74, 6) is 2.29. The van der Waals surface area contributed by atoms with Crippen molar-refractivity contribution in [2.45, 2.75) is 83.8 Å². The molecule has 37 heavy (non-hydrogen) atoms. The first-order valence-corrected chi connectivity index (χ1v) is 14.5. The number of carbonyl (C=O) groups excluding carboxylic acids is 2. The van der Waals surface area contributed by atoms with Gasteiger partial charge in [0.05, 0.1) is 16.9 Å². The van der Waals surface area contributed by atoms with Gasteiger partial charge in [-0.2, -0.15) is 0 Å². The van der Waals surface area contributed by atoms with E-state index >= 15 is 0 Å². The minimum atomic E-state index is -0.288. The smallest absolute Gasteiger partial charge is 0.246 e. The van der Waals surface area contributed by atoms with Gasteiger partial charge in [0.15, 0.2) is 0 Å². The molecule has 6 rings (SSSR count). The second-order valence-corrected chi connectivity index (χ2v) is 13.0. The maximum Gasteiger partial charge on any atom is 0.246 e. The number of fused-ring (bicyclic) bond motifs is 6. The summed E-state index contributed by atoms with van der Waals surface area (Å²) in [5.41, 5.74) is 2.31. The normalized spacial score (nSPS) is 40.2. The van der Waals surface area contributed by atoms with Crippen LogP contribution in [0.5, 0.6) is 0 Å². The number of hydrogen-bond donors (Lipinski definition) is 0. The molecule has 1 unspecified atom stereocenters. The van der Waals surface area contributed by atoms with Crippen LogP contribution in [-0.2, 0) is 9.59 Å². The van der Waals surface area contributed by atoms with Crippen LogP contribution in [0.4, 0.5) is 11.4 Å². The van der Waals surface area contributed by atoms with Crippen LogP contribution in [0.1, 0.15) is 72.1 Å². The number of amides is 2. The summed E-state index contributed by atoms with van der Waals surface area (Å²) in [5, 5.41) is 3.84. The highest BCUT2D eigenvalue weighted by molar-refractivity contribution is 5.90. The Balaban J connectivity index is 1.44. The van der Waals surface area contributed by atoms with Gasteiger partial charge < -0.3 is 9.80 Å². The number of anilines is 2. The monoisotopic (exact) mass is 504 g/mol. The second-order valence-electron chi connectivity index (χ2n) is 13.0. The van der Waals surface area contributed by atoms with Crippen molar-refractivity contribution < 1.29 is 9.59 Å². The van der Waals surface area contributed by atoms with Crippen molar-refractivity contribution in [1.82, 2.24) is 9.91 Å². The van der Waals surface area contributed by atoms with Gasteiger partial charge in [-0.15, -0.1) is 0 Å². The van der Waals surface area contributed by atoms with E-state index in [0.717, 1.165) is 42.5 Å². The molecule has 2 heterocycles. The van der Waals surface area contributed by atoms with Gasteiger partial charge >= 0.3 is 0 Å². The third-order valence-corrected chi connectivity index (χ3v) is 11.8. The molecule has 2 aliphatic heterocycles. The topological polar surface area (TPSA) is 47.1 Å². The van der Waals surface area contributed by atoms with Gasteiger partial charge in [0, 0.05) is 32.5 Å². The fraction of sp³-hybridized carbons (Fsp3) is 0.677. The quantitative estimate of drug-likeness (QED) is 0.500. The van der Waals surface area contributed by atoms with Crippen molar-refractivity contribution in [3.63, 3.8) is 0 Å². The Morgan fingerprint density at radius 2 is 1.81 bits per heavy atom. The molecule has 0 N–H and O–H groups in total. The number of nitrogens with zero attached hydrogens (tertiary/aromatic N) is 4. The van der Waals surface area contributed by atoms with E-state index in [1.165, 1.54) is 38.5 Å². The number of hydrogen-bond acceptors (Lipinski definition) is 4. The molecule has 5 aliphatic rings. The van der Waals surface area contributed by atoms with Crippen LogP contribution in [0, 0.1) is 28.6 Å². The van der Waals surface area contributed by atoms with Crippen LogP contribution in [0.2, 0.25) is 0 Å². The SMILES string of the molecule is CCN1C(=O)C=C[C@]2(C)[C@H]3CC[C@]4(C)CCC[C@H]4[C@@H]3CC[C@@]12CC1N(C)c2ccccc2N1N(C)C=O. The van der Waals surface area contributed by atoms with Crippen LogP contribution >= 0.6 is 0 Å². The number of rotatable bonds is 5. The van der Waals surface area contributed by atoms with Crippen molar-refractivity contribution in [2.24, 2.45) is 28.6 Å². The number of benzene rings is 1. The molecule has 1 aromatic carbocycles. The lowest BCUT2D eigenvalue weighted by atomic mass is 9.44. The van der Waals surface area contributed by atoms with Crippen molar-refractivity contribution >= 4 is 23.7 Å². The Bertz CT molecular complexity index is 1120. The molecule has 0 spiro atoms. The summed E-state index contributed by atoms with van der Waals surface area (Å²) in [6.07, 6.45) is 14.8. The lowest BCUT2D eigenvalue weighted by Crippen LogP contribution is -2.71. The Morgan fingerprint density at radius 3 is 2.54 bits per heavy atom. The third-order valence-electron chi connectivity index (χ3n) is 11.8. The summed E-state index contributed by atoms with van der Waals surface area (Å²) in [6.45, 7) is 7.89. The fourth-order valence-electron chi connectivity index (χ4n) is 9.99. The summed E-state index contributed by atoms with van der Waals surface area (Å²) in [4.78, 5) is 30.1. The molecule has 3 aliphatic carbocycles. The predicted molar refractivity (Wildman–Crippen MR) is 148 cm³/mol. The Morgan fingerprint density at radius 1 is 1.05 bits per heavy atom. The van der Waals surface area contributed by atoms with Crippen molar-refractivity contribution in [1.29, 1.82) is 0 Å². The van der Waals surface area contributed by atoms with E-state index in [-0.39, 0.29) is 23.0 Å². The molecule has 3 fully saturated rings. The average Bonchev–Trinajstić information content (AvgIpc) is 3.42. The van der Waals surface area contributed by atoms with Gasteiger partial charge in [0.25, 0.3) is 0 Å². The van der Waals surface area contributed by atoms with E-state index in [1.54, 1.807) is 5.01 Å². The van der Waals surface area contributed by atoms with E-state index in [4.69, 9.17) is 0 Å². The third kappa shape index (κ3) is 3.23.